The van der Waals surface area contributed by atoms with Gasteiger partial charge in [0.1, 0.15) is 0 Å². The van der Waals surface area contributed by atoms with Crippen LogP contribution in [0, 0.1) is 13.8 Å². The van der Waals surface area contributed by atoms with E-state index in [9.17, 15) is 0 Å². The minimum Gasteiger partial charge on any atom is -0.167 e. The van der Waals surface area contributed by atoms with Crippen molar-refractivity contribution >= 4 is 0 Å². The molecule has 1 aromatic heterocycles. The topological polar surface area (TPSA) is 3.88 Å². The van der Waals surface area contributed by atoms with E-state index in [0.29, 0.717) is 0 Å². The first-order chi connectivity index (χ1) is 6.77. The Labute approximate surface area is 84.6 Å². The third-order valence-corrected chi connectivity index (χ3v) is 2.39. The molecule has 70 valence electrons. The number of aromatic nitrogens is 1. The van der Waals surface area contributed by atoms with Crippen molar-refractivity contribution in [2.45, 2.75) is 13.8 Å². The van der Waals surface area contributed by atoms with Crippen LogP contribution in [0.15, 0.2) is 48.8 Å². The lowest BCUT2D eigenvalue weighted by Crippen LogP contribution is -2.30. The Morgan fingerprint density at radius 3 is 2.14 bits per heavy atom. The van der Waals surface area contributed by atoms with Gasteiger partial charge in [0.25, 0.3) is 0 Å². The van der Waals surface area contributed by atoms with E-state index in [1.165, 1.54) is 16.8 Å². The van der Waals surface area contributed by atoms with E-state index in [1.54, 1.807) is 0 Å². The highest BCUT2D eigenvalue weighted by atomic mass is 14.9. The van der Waals surface area contributed by atoms with Gasteiger partial charge in [-0.25, -0.2) is 0 Å². The van der Waals surface area contributed by atoms with E-state index in [0.717, 1.165) is 0 Å². The van der Waals surface area contributed by atoms with Gasteiger partial charge < -0.3 is 0 Å². The van der Waals surface area contributed by atoms with Crippen LogP contribution in [-0.4, -0.2) is 0 Å². The Bertz CT molecular complexity index is 429. The predicted molar refractivity (Wildman–Crippen MR) is 57.4 cm³/mol. The second-order valence-corrected chi connectivity index (χ2v) is 3.57. The van der Waals surface area contributed by atoms with Crippen molar-refractivity contribution in [3.8, 4) is 5.69 Å². The Morgan fingerprint density at radius 1 is 0.857 bits per heavy atom. The summed E-state index contributed by atoms with van der Waals surface area (Å²) in [4.78, 5) is 0. The monoisotopic (exact) mass is 184 g/mol. The van der Waals surface area contributed by atoms with Crippen molar-refractivity contribution < 1.29 is 4.57 Å². The molecule has 2 rings (SSSR count). The van der Waals surface area contributed by atoms with Crippen molar-refractivity contribution in [2.24, 2.45) is 0 Å². The molecule has 0 amide bonds. The summed E-state index contributed by atoms with van der Waals surface area (Å²) in [7, 11) is 0. The fourth-order valence-electron chi connectivity index (χ4n) is 1.51. The SMILES string of the molecule is Cc1cc[n+](-c2ccccc2C)cc1. The van der Waals surface area contributed by atoms with Crippen molar-refractivity contribution in [1.29, 1.82) is 0 Å². The summed E-state index contributed by atoms with van der Waals surface area (Å²) in [5.74, 6) is 0. The van der Waals surface area contributed by atoms with E-state index in [-0.39, 0.29) is 0 Å². The van der Waals surface area contributed by atoms with Crippen LogP contribution < -0.4 is 4.57 Å². The summed E-state index contributed by atoms with van der Waals surface area (Å²) in [5, 5.41) is 0. The molecule has 0 saturated heterocycles. The lowest BCUT2D eigenvalue weighted by molar-refractivity contribution is -0.596. The molecule has 0 saturated carbocycles. The Balaban J connectivity index is 2.50. The van der Waals surface area contributed by atoms with E-state index >= 15 is 0 Å². The van der Waals surface area contributed by atoms with Crippen LogP contribution in [0.4, 0.5) is 0 Å². The van der Waals surface area contributed by atoms with Crippen LogP contribution in [0.3, 0.4) is 0 Å². The number of aryl methyl sites for hydroxylation is 2. The predicted octanol–water partition coefficient (Wildman–Crippen LogP) is 2.58. The molecule has 0 atom stereocenters. The molecule has 0 fully saturated rings. The number of para-hydroxylation sites is 1. The molecule has 0 aliphatic carbocycles. The second-order valence-electron chi connectivity index (χ2n) is 3.57. The summed E-state index contributed by atoms with van der Waals surface area (Å²) in [6.45, 7) is 4.23. The van der Waals surface area contributed by atoms with Gasteiger partial charge in [0.05, 0.1) is 0 Å². The van der Waals surface area contributed by atoms with E-state index in [1.807, 2.05) is 0 Å². The molecule has 1 nitrogen and oxygen atoms in total. The van der Waals surface area contributed by atoms with Gasteiger partial charge in [-0.2, -0.15) is 4.57 Å². The summed E-state index contributed by atoms with van der Waals surface area (Å²) in [6, 6.07) is 12.6. The fraction of sp³-hybridized carbons (Fsp3) is 0.154. The van der Waals surface area contributed by atoms with Gasteiger partial charge in [0.2, 0.25) is 5.69 Å². The van der Waals surface area contributed by atoms with Gasteiger partial charge in [-0.05, 0) is 19.4 Å². The molecule has 2 aromatic rings. The third kappa shape index (κ3) is 1.67. The Kier molecular flexibility index (Phi) is 2.32. The van der Waals surface area contributed by atoms with Crippen molar-refractivity contribution in [1.82, 2.24) is 0 Å². The van der Waals surface area contributed by atoms with Gasteiger partial charge in [-0.15, -0.1) is 0 Å². The highest BCUT2D eigenvalue weighted by Crippen LogP contribution is 2.06. The highest BCUT2D eigenvalue weighted by molar-refractivity contribution is 5.32. The zero-order valence-corrected chi connectivity index (χ0v) is 8.57. The first-order valence-electron chi connectivity index (χ1n) is 4.81. The highest BCUT2D eigenvalue weighted by Gasteiger charge is 2.06. The molecule has 0 radical (unpaired) electrons. The molecule has 0 aliphatic rings. The molecule has 1 aromatic carbocycles. The van der Waals surface area contributed by atoms with Crippen LogP contribution in [0.25, 0.3) is 5.69 Å². The molecule has 0 spiro atoms. The number of nitrogens with zero attached hydrogens (tertiary/aromatic N) is 1. The molecule has 14 heavy (non-hydrogen) atoms. The smallest absolute Gasteiger partial charge is 0.167 e. The zero-order chi connectivity index (χ0) is 9.97. The van der Waals surface area contributed by atoms with Crippen molar-refractivity contribution in [3.63, 3.8) is 0 Å². The Morgan fingerprint density at radius 2 is 1.50 bits per heavy atom. The van der Waals surface area contributed by atoms with Crippen LogP contribution in [-0.2, 0) is 0 Å². The lowest BCUT2D eigenvalue weighted by atomic mass is 10.2. The molecule has 1 heterocycles. The molecule has 1 heteroatoms. The van der Waals surface area contributed by atoms with Crippen LogP contribution in [0.5, 0.6) is 0 Å². The summed E-state index contributed by atoms with van der Waals surface area (Å²) < 4.78 is 2.14. The van der Waals surface area contributed by atoms with Gasteiger partial charge in [0, 0.05) is 23.8 Å². The van der Waals surface area contributed by atoms with Gasteiger partial charge in [-0.1, -0.05) is 18.2 Å². The van der Waals surface area contributed by atoms with Crippen LogP contribution in [0.2, 0.25) is 0 Å². The van der Waals surface area contributed by atoms with Crippen LogP contribution >= 0.6 is 0 Å². The van der Waals surface area contributed by atoms with Gasteiger partial charge >= 0.3 is 0 Å². The average molecular weight is 184 g/mol. The Hall–Kier alpha value is -1.63. The van der Waals surface area contributed by atoms with Gasteiger partial charge in [-0.3, -0.25) is 0 Å². The average Bonchev–Trinajstić information content (AvgIpc) is 2.20. The molecule has 0 N–H and O–H groups in total. The quantitative estimate of drug-likeness (QED) is 0.600. The van der Waals surface area contributed by atoms with E-state index < -0.39 is 0 Å². The maximum Gasteiger partial charge on any atom is 0.213 e. The summed E-state index contributed by atoms with van der Waals surface area (Å²) >= 11 is 0. The summed E-state index contributed by atoms with van der Waals surface area (Å²) in [6.07, 6.45) is 4.19. The van der Waals surface area contributed by atoms with E-state index in [2.05, 4.69) is 67.2 Å². The normalized spacial score (nSPS) is 10.1. The molecule has 0 bridgehead atoms. The number of pyridine rings is 1. The number of rotatable bonds is 1. The second kappa shape index (κ2) is 3.62. The molecule has 0 aliphatic heterocycles. The number of hydrogen-bond acceptors (Lipinski definition) is 0. The third-order valence-electron chi connectivity index (χ3n) is 2.39. The number of benzene rings is 1. The number of hydrogen-bond donors (Lipinski definition) is 0. The van der Waals surface area contributed by atoms with Crippen LogP contribution in [0.1, 0.15) is 11.1 Å². The minimum atomic E-state index is 1.24. The largest absolute Gasteiger partial charge is 0.213 e. The maximum absolute atomic E-state index is 2.14. The summed E-state index contributed by atoms with van der Waals surface area (Å²) in [5.41, 5.74) is 3.82. The van der Waals surface area contributed by atoms with E-state index in [4.69, 9.17) is 0 Å². The molecular weight excluding hydrogens is 170 g/mol. The maximum atomic E-state index is 2.14. The molecule has 0 unspecified atom stereocenters. The van der Waals surface area contributed by atoms with Gasteiger partial charge in [0.15, 0.2) is 12.4 Å². The first kappa shape index (κ1) is 8.95. The zero-order valence-electron chi connectivity index (χ0n) is 8.57. The van der Waals surface area contributed by atoms with Crippen molar-refractivity contribution in [2.75, 3.05) is 0 Å². The molecular formula is C13H14N+. The lowest BCUT2D eigenvalue weighted by Gasteiger charge is -1.98. The standard InChI is InChI=1S/C13H14N/c1-11-7-9-14(10-8-11)13-6-4-3-5-12(13)2/h3-10H,1-2H3/q+1. The van der Waals surface area contributed by atoms with Crippen molar-refractivity contribution in [3.05, 3.63) is 59.9 Å². The first-order valence-corrected chi connectivity index (χ1v) is 4.81. The minimum absolute atomic E-state index is 1.24. The fourth-order valence-corrected chi connectivity index (χ4v) is 1.51.